The second kappa shape index (κ2) is 14.5. The van der Waals surface area contributed by atoms with Gasteiger partial charge in [-0.25, -0.2) is 9.59 Å². The number of alkyl carbamates (subject to hydrolysis) is 1. The van der Waals surface area contributed by atoms with Gasteiger partial charge in [0.2, 0.25) is 0 Å². The molecule has 0 radical (unpaired) electrons. The van der Waals surface area contributed by atoms with Crippen molar-refractivity contribution in [2.24, 2.45) is 0 Å². The van der Waals surface area contributed by atoms with E-state index in [9.17, 15) is 9.59 Å². The first kappa shape index (κ1) is 20.5. The molecule has 0 heterocycles. The fourth-order valence-electron chi connectivity index (χ4n) is 2.15. The topological polar surface area (TPSA) is 87.7 Å². The summed E-state index contributed by atoms with van der Waals surface area (Å²) in [6.45, 7) is 5.29. The number of unbranched alkanes of at least 4 members (excludes halogenated alkanes) is 5. The van der Waals surface area contributed by atoms with Gasteiger partial charge in [0.25, 0.3) is 0 Å². The van der Waals surface area contributed by atoms with Crippen molar-refractivity contribution in [1.29, 1.82) is 0 Å². The largest absolute Gasteiger partial charge is 0.465 e. The maximum absolute atomic E-state index is 11.6. The molecule has 1 atom stereocenters. The van der Waals surface area contributed by atoms with E-state index in [1.165, 1.54) is 12.8 Å². The number of carbonyl (C=O) groups excluding carboxylic acids is 1. The van der Waals surface area contributed by atoms with Crippen molar-refractivity contribution in [2.75, 3.05) is 13.1 Å². The van der Waals surface area contributed by atoms with Crippen LogP contribution in [0, 0.1) is 0 Å². The molecule has 0 rings (SSSR count). The maximum Gasteiger partial charge on any atom is 0.407 e. The molecule has 6 heteroatoms. The molecule has 2 amide bonds. The van der Waals surface area contributed by atoms with Crippen LogP contribution in [0.25, 0.3) is 0 Å². The molecule has 22 heavy (non-hydrogen) atoms. The third-order valence-electron chi connectivity index (χ3n) is 3.51. The second-order valence-corrected chi connectivity index (χ2v) is 5.50. The summed E-state index contributed by atoms with van der Waals surface area (Å²) >= 11 is 0. The van der Waals surface area contributed by atoms with Gasteiger partial charge in [-0.1, -0.05) is 39.5 Å². The molecule has 0 saturated carbocycles. The van der Waals surface area contributed by atoms with Gasteiger partial charge >= 0.3 is 12.2 Å². The lowest BCUT2D eigenvalue weighted by Crippen LogP contribution is -2.29. The molecule has 130 valence electrons. The lowest BCUT2D eigenvalue weighted by atomic mass is 10.1. The SMILES string of the molecule is CCCCCC(CC)OC(=O)NCCCCCCNC(=O)O. The second-order valence-electron chi connectivity index (χ2n) is 5.50. The van der Waals surface area contributed by atoms with E-state index in [-0.39, 0.29) is 12.2 Å². The first-order valence-electron chi connectivity index (χ1n) is 8.51. The number of amides is 2. The molecule has 0 fully saturated rings. The highest BCUT2D eigenvalue weighted by Crippen LogP contribution is 2.10. The van der Waals surface area contributed by atoms with Gasteiger partial charge in [-0.05, 0) is 32.1 Å². The van der Waals surface area contributed by atoms with E-state index >= 15 is 0 Å². The molecule has 0 aromatic heterocycles. The number of hydrogen-bond acceptors (Lipinski definition) is 3. The van der Waals surface area contributed by atoms with Gasteiger partial charge in [-0.2, -0.15) is 0 Å². The molecule has 0 saturated heterocycles. The smallest absolute Gasteiger partial charge is 0.407 e. The Hall–Kier alpha value is -1.46. The number of nitrogens with one attached hydrogen (secondary N) is 2. The molecule has 1 unspecified atom stereocenters. The molecule has 0 aromatic carbocycles. The summed E-state index contributed by atoms with van der Waals surface area (Å²) in [7, 11) is 0. The Bertz CT molecular complexity index is 298. The minimum Gasteiger partial charge on any atom is -0.465 e. The lowest BCUT2D eigenvalue weighted by Gasteiger charge is -2.16. The Balaban J connectivity index is 3.49. The Morgan fingerprint density at radius 1 is 0.955 bits per heavy atom. The van der Waals surface area contributed by atoms with E-state index in [1.807, 2.05) is 6.92 Å². The van der Waals surface area contributed by atoms with Gasteiger partial charge in [0, 0.05) is 13.1 Å². The summed E-state index contributed by atoms with van der Waals surface area (Å²) in [6.07, 6.45) is 7.60. The standard InChI is InChI=1S/C16H32N2O4/c1-3-5-8-11-14(4-2)22-16(21)18-13-10-7-6-9-12-17-15(19)20/h14,17H,3-13H2,1-2H3,(H,18,21)(H,19,20). The summed E-state index contributed by atoms with van der Waals surface area (Å²) < 4.78 is 5.39. The van der Waals surface area contributed by atoms with Crippen LogP contribution in [0.4, 0.5) is 9.59 Å². The highest BCUT2D eigenvalue weighted by Gasteiger charge is 2.11. The minimum atomic E-state index is -0.978. The Kier molecular flexibility index (Phi) is 13.5. The van der Waals surface area contributed by atoms with E-state index < -0.39 is 6.09 Å². The molecular formula is C16H32N2O4. The highest BCUT2D eigenvalue weighted by molar-refractivity contribution is 5.67. The molecule has 0 spiro atoms. The molecular weight excluding hydrogens is 284 g/mol. The number of rotatable bonds is 13. The van der Waals surface area contributed by atoms with Gasteiger partial charge in [0.15, 0.2) is 0 Å². The molecule has 3 N–H and O–H groups in total. The third kappa shape index (κ3) is 13.5. The van der Waals surface area contributed by atoms with Crippen LogP contribution < -0.4 is 10.6 Å². The van der Waals surface area contributed by atoms with Crippen LogP contribution in [0.2, 0.25) is 0 Å². The van der Waals surface area contributed by atoms with Crippen LogP contribution in [0.1, 0.15) is 71.6 Å². The van der Waals surface area contributed by atoms with E-state index in [0.717, 1.165) is 44.9 Å². The average Bonchev–Trinajstić information content (AvgIpc) is 2.48. The first-order valence-corrected chi connectivity index (χ1v) is 8.51. The maximum atomic E-state index is 11.6. The van der Waals surface area contributed by atoms with Crippen molar-refractivity contribution >= 4 is 12.2 Å². The van der Waals surface area contributed by atoms with Crippen molar-refractivity contribution < 1.29 is 19.4 Å². The highest BCUT2D eigenvalue weighted by atomic mass is 16.6. The third-order valence-corrected chi connectivity index (χ3v) is 3.51. The number of hydrogen-bond donors (Lipinski definition) is 3. The van der Waals surface area contributed by atoms with E-state index in [0.29, 0.717) is 13.1 Å². The van der Waals surface area contributed by atoms with E-state index in [1.54, 1.807) is 0 Å². The fourth-order valence-corrected chi connectivity index (χ4v) is 2.15. The van der Waals surface area contributed by atoms with Gasteiger partial charge in [-0.15, -0.1) is 0 Å². The Morgan fingerprint density at radius 3 is 2.14 bits per heavy atom. The molecule has 0 aliphatic rings. The van der Waals surface area contributed by atoms with Crippen LogP contribution in [-0.2, 0) is 4.74 Å². The molecule has 0 aromatic rings. The van der Waals surface area contributed by atoms with E-state index in [4.69, 9.17) is 9.84 Å². The molecule has 0 aliphatic carbocycles. The molecule has 0 aliphatic heterocycles. The van der Waals surface area contributed by atoms with Gasteiger partial charge in [0.05, 0.1) is 0 Å². The van der Waals surface area contributed by atoms with Crippen LogP contribution in [0.3, 0.4) is 0 Å². The van der Waals surface area contributed by atoms with Crippen molar-refractivity contribution in [2.45, 2.75) is 77.7 Å². The minimum absolute atomic E-state index is 0.0219. The van der Waals surface area contributed by atoms with Crippen molar-refractivity contribution in [3.8, 4) is 0 Å². The van der Waals surface area contributed by atoms with E-state index in [2.05, 4.69) is 17.6 Å². The van der Waals surface area contributed by atoms with Crippen LogP contribution in [0.5, 0.6) is 0 Å². The van der Waals surface area contributed by atoms with Crippen LogP contribution in [0.15, 0.2) is 0 Å². The zero-order valence-corrected chi connectivity index (χ0v) is 14.0. The van der Waals surface area contributed by atoms with Crippen molar-refractivity contribution in [3.63, 3.8) is 0 Å². The summed E-state index contributed by atoms with van der Waals surface area (Å²) in [4.78, 5) is 21.9. The number of carboxylic acid groups (broad SMARTS) is 1. The summed E-state index contributed by atoms with van der Waals surface area (Å²) in [5, 5.41) is 13.5. The predicted molar refractivity (Wildman–Crippen MR) is 87.2 cm³/mol. The first-order chi connectivity index (χ1) is 10.6. The predicted octanol–water partition coefficient (Wildman–Crippen LogP) is 3.90. The normalized spacial score (nSPS) is 11.7. The molecule has 6 nitrogen and oxygen atoms in total. The van der Waals surface area contributed by atoms with Gasteiger partial charge in [-0.3, -0.25) is 0 Å². The van der Waals surface area contributed by atoms with Crippen molar-refractivity contribution in [1.82, 2.24) is 10.6 Å². The van der Waals surface area contributed by atoms with Crippen LogP contribution >= 0.6 is 0 Å². The summed E-state index contributed by atoms with van der Waals surface area (Å²) in [5.41, 5.74) is 0. The zero-order valence-electron chi connectivity index (χ0n) is 14.0. The average molecular weight is 316 g/mol. The van der Waals surface area contributed by atoms with Gasteiger partial charge in [0.1, 0.15) is 6.10 Å². The summed E-state index contributed by atoms with van der Waals surface area (Å²) in [6, 6.07) is 0. The molecule has 0 bridgehead atoms. The fraction of sp³-hybridized carbons (Fsp3) is 0.875. The monoisotopic (exact) mass is 316 g/mol. The summed E-state index contributed by atoms with van der Waals surface area (Å²) in [5.74, 6) is 0. The number of ether oxygens (including phenoxy) is 1. The Morgan fingerprint density at radius 2 is 1.59 bits per heavy atom. The Labute approximate surface area is 134 Å². The quantitative estimate of drug-likeness (QED) is 0.450. The van der Waals surface area contributed by atoms with Gasteiger partial charge < -0.3 is 20.5 Å². The lowest BCUT2D eigenvalue weighted by molar-refractivity contribution is 0.0886. The van der Waals surface area contributed by atoms with Crippen molar-refractivity contribution in [3.05, 3.63) is 0 Å². The zero-order chi connectivity index (χ0) is 16.6. The number of carbonyl (C=O) groups is 2. The van der Waals surface area contributed by atoms with Crippen LogP contribution in [-0.4, -0.2) is 36.5 Å².